The predicted octanol–water partition coefficient (Wildman–Crippen LogP) is 1.73. The topological polar surface area (TPSA) is 85.0 Å². The van der Waals surface area contributed by atoms with Crippen molar-refractivity contribution in [3.05, 3.63) is 51.9 Å². The number of carbonyl (C=O) groups is 1. The number of methoxy groups -OCH3 is 1. The number of carbonyl (C=O) groups excluding carboxylic acids is 1. The maximum atomic E-state index is 12.3. The molecule has 0 radical (unpaired) electrons. The normalized spacial score (nSPS) is 10.0. The van der Waals surface area contributed by atoms with Crippen molar-refractivity contribution in [3.8, 4) is 11.8 Å². The molecule has 0 saturated carbocycles. The molecule has 0 atom stereocenters. The smallest absolute Gasteiger partial charge is 0.272 e. The van der Waals surface area contributed by atoms with Crippen molar-refractivity contribution >= 4 is 17.5 Å². The fourth-order valence-electron chi connectivity index (χ4n) is 1.87. The van der Waals surface area contributed by atoms with Gasteiger partial charge in [-0.1, -0.05) is 11.8 Å². The Bertz CT molecular complexity index is 791. The molecule has 1 aromatic carbocycles. The lowest BCUT2D eigenvalue weighted by Crippen LogP contribution is -2.28. The molecule has 0 bridgehead atoms. The van der Waals surface area contributed by atoms with Crippen LogP contribution >= 0.6 is 11.8 Å². The molecule has 22 heavy (non-hydrogen) atoms. The lowest BCUT2D eigenvalue weighted by Gasteiger charge is -2.10. The number of Topliss-reactive ketones (excluding diaryl/α,β-unsaturated/α-hetero) is 1. The fourth-order valence-corrected chi connectivity index (χ4v) is 2.39. The molecule has 0 saturated heterocycles. The van der Waals surface area contributed by atoms with E-state index in [0.717, 1.165) is 0 Å². The number of ketones is 1. The van der Waals surface area contributed by atoms with Gasteiger partial charge in [0.15, 0.2) is 10.9 Å². The summed E-state index contributed by atoms with van der Waals surface area (Å²) in [5.74, 6) is 0.406. The number of aromatic nitrogens is 2. The van der Waals surface area contributed by atoms with Crippen LogP contribution in [-0.4, -0.2) is 28.7 Å². The summed E-state index contributed by atoms with van der Waals surface area (Å²) in [5.41, 5.74) is -0.133. The number of thioether (sulfide) groups is 1. The molecule has 0 amide bonds. The fraction of sp³-hybridized carbons (Fsp3) is 0.200. The summed E-state index contributed by atoms with van der Waals surface area (Å²) < 4.78 is 6.26. The van der Waals surface area contributed by atoms with Crippen LogP contribution in [0.15, 0.2) is 40.4 Å². The van der Waals surface area contributed by atoms with Crippen molar-refractivity contribution < 1.29 is 9.53 Å². The Morgan fingerprint density at radius 1 is 1.41 bits per heavy atom. The van der Waals surface area contributed by atoms with Crippen LogP contribution in [0.3, 0.4) is 0 Å². The highest BCUT2D eigenvalue weighted by Gasteiger charge is 2.14. The number of ether oxygens (including phenoxy) is 1. The molecule has 0 aliphatic rings. The summed E-state index contributed by atoms with van der Waals surface area (Å²) >= 11 is 1.24. The maximum absolute atomic E-state index is 12.3. The molecular weight excluding hydrogens is 302 g/mol. The summed E-state index contributed by atoms with van der Waals surface area (Å²) in [7, 11) is 1.54. The average molecular weight is 315 g/mol. The minimum atomic E-state index is -0.510. The van der Waals surface area contributed by atoms with E-state index in [4.69, 9.17) is 10.00 Å². The van der Waals surface area contributed by atoms with Crippen LogP contribution in [0.4, 0.5) is 0 Å². The molecular formula is C15H13N3O3S. The second-order valence-corrected chi connectivity index (χ2v) is 5.09. The molecule has 2 aromatic rings. The van der Waals surface area contributed by atoms with Gasteiger partial charge in [-0.05, 0) is 30.5 Å². The molecule has 1 aromatic heterocycles. The van der Waals surface area contributed by atoms with Crippen molar-refractivity contribution in [1.82, 2.24) is 9.55 Å². The maximum Gasteiger partial charge on any atom is 0.272 e. The monoisotopic (exact) mass is 315 g/mol. The Labute approximate surface area is 131 Å². The van der Waals surface area contributed by atoms with Crippen molar-refractivity contribution in [2.75, 3.05) is 13.4 Å². The zero-order valence-corrected chi connectivity index (χ0v) is 12.9. The van der Waals surface area contributed by atoms with Gasteiger partial charge >= 0.3 is 0 Å². The summed E-state index contributed by atoms with van der Waals surface area (Å²) in [5, 5.41) is 9.30. The average Bonchev–Trinajstić information content (AvgIpc) is 2.56. The minimum absolute atomic E-state index is 0.0830. The number of hydrogen-bond acceptors (Lipinski definition) is 6. The van der Waals surface area contributed by atoms with Crippen LogP contribution in [0.1, 0.15) is 15.9 Å². The Balaban J connectivity index is 2.35. The van der Waals surface area contributed by atoms with Gasteiger partial charge in [0.1, 0.15) is 17.4 Å². The van der Waals surface area contributed by atoms with Gasteiger partial charge in [-0.15, -0.1) is 0 Å². The summed E-state index contributed by atoms with van der Waals surface area (Å²) in [6.07, 6.45) is 2.98. The van der Waals surface area contributed by atoms with Crippen LogP contribution in [0.5, 0.6) is 5.75 Å². The SMILES string of the molecule is COc1ccc(C(=O)Cn2c(SC)ncc(C#N)c2=O)cc1. The first-order valence-corrected chi connectivity index (χ1v) is 7.54. The van der Waals surface area contributed by atoms with Crippen molar-refractivity contribution in [1.29, 1.82) is 5.26 Å². The Morgan fingerprint density at radius 2 is 2.09 bits per heavy atom. The van der Waals surface area contributed by atoms with E-state index in [1.165, 1.54) is 22.5 Å². The van der Waals surface area contributed by atoms with E-state index in [9.17, 15) is 9.59 Å². The van der Waals surface area contributed by atoms with Gasteiger partial charge < -0.3 is 4.74 Å². The van der Waals surface area contributed by atoms with Gasteiger partial charge in [0.25, 0.3) is 5.56 Å². The Kier molecular flexibility index (Phi) is 4.96. The third kappa shape index (κ3) is 3.18. The van der Waals surface area contributed by atoms with Gasteiger partial charge in [-0.3, -0.25) is 14.2 Å². The van der Waals surface area contributed by atoms with Crippen molar-refractivity contribution in [2.24, 2.45) is 0 Å². The van der Waals surface area contributed by atoms with E-state index in [0.29, 0.717) is 16.5 Å². The quantitative estimate of drug-likeness (QED) is 0.474. The third-order valence-electron chi connectivity index (χ3n) is 3.03. The number of rotatable bonds is 5. The van der Waals surface area contributed by atoms with Gasteiger partial charge in [0.2, 0.25) is 0 Å². The van der Waals surface area contributed by atoms with Gasteiger partial charge in [0.05, 0.1) is 19.9 Å². The molecule has 7 heteroatoms. The molecule has 112 valence electrons. The summed E-state index contributed by atoms with van der Waals surface area (Å²) in [6.45, 7) is -0.163. The number of hydrogen-bond donors (Lipinski definition) is 0. The van der Waals surface area contributed by atoms with Gasteiger partial charge in [-0.25, -0.2) is 4.98 Å². The second-order valence-electron chi connectivity index (χ2n) is 4.31. The van der Waals surface area contributed by atoms with E-state index < -0.39 is 5.56 Å². The highest BCUT2D eigenvalue weighted by Crippen LogP contribution is 2.14. The van der Waals surface area contributed by atoms with E-state index in [1.807, 2.05) is 0 Å². The lowest BCUT2D eigenvalue weighted by molar-refractivity contribution is 0.0967. The first kappa shape index (κ1) is 15.8. The molecule has 2 rings (SSSR count). The molecule has 0 unspecified atom stereocenters. The second kappa shape index (κ2) is 6.91. The van der Waals surface area contributed by atoms with Crippen molar-refractivity contribution in [2.45, 2.75) is 11.7 Å². The molecule has 1 heterocycles. The highest BCUT2D eigenvalue weighted by molar-refractivity contribution is 7.98. The van der Waals surface area contributed by atoms with Gasteiger partial charge in [-0.2, -0.15) is 5.26 Å². The zero-order chi connectivity index (χ0) is 16.1. The first-order chi connectivity index (χ1) is 10.6. The molecule has 0 fully saturated rings. The van der Waals surface area contributed by atoms with Gasteiger partial charge in [0, 0.05) is 5.56 Å². The lowest BCUT2D eigenvalue weighted by atomic mass is 10.1. The van der Waals surface area contributed by atoms with E-state index in [2.05, 4.69) is 4.98 Å². The Hall–Kier alpha value is -2.59. The van der Waals surface area contributed by atoms with Crippen LogP contribution in [0.2, 0.25) is 0 Å². The molecule has 6 nitrogen and oxygen atoms in total. The standard InChI is InChI=1S/C15H13N3O3S/c1-21-12-5-3-10(4-6-12)13(19)9-18-14(20)11(7-16)8-17-15(18)22-2/h3-6,8H,9H2,1-2H3. The minimum Gasteiger partial charge on any atom is -0.497 e. The molecule has 0 spiro atoms. The van der Waals surface area contributed by atoms with Crippen LogP contribution in [0, 0.1) is 11.3 Å². The van der Waals surface area contributed by atoms with Crippen molar-refractivity contribution in [3.63, 3.8) is 0 Å². The molecule has 0 aliphatic heterocycles. The number of nitrogens with zero attached hydrogens (tertiary/aromatic N) is 3. The zero-order valence-electron chi connectivity index (χ0n) is 12.1. The van der Waals surface area contributed by atoms with E-state index in [1.54, 1.807) is 43.7 Å². The van der Waals surface area contributed by atoms with E-state index >= 15 is 0 Å². The first-order valence-electron chi connectivity index (χ1n) is 6.32. The van der Waals surface area contributed by atoms with Crippen LogP contribution in [-0.2, 0) is 6.54 Å². The van der Waals surface area contributed by atoms with Crippen LogP contribution in [0.25, 0.3) is 0 Å². The summed E-state index contributed by atoms with van der Waals surface area (Å²) in [6, 6.07) is 8.40. The third-order valence-corrected chi connectivity index (χ3v) is 3.72. The summed E-state index contributed by atoms with van der Waals surface area (Å²) in [4.78, 5) is 28.5. The predicted molar refractivity (Wildman–Crippen MR) is 82.3 cm³/mol. The number of nitriles is 1. The van der Waals surface area contributed by atoms with E-state index in [-0.39, 0.29) is 17.9 Å². The highest BCUT2D eigenvalue weighted by atomic mass is 32.2. The molecule has 0 aliphatic carbocycles. The Morgan fingerprint density at radius 3 is 2.64 bits per heavy atom. The number of benzene rings is 1. The molecule has 0 N–H and O–H groups in total. The van der Waals surface area contributed by atoms with Crippen LogP contribution < -0.4 is 10.3 Å². The largest absolute Gasteiger partial charge is 0.497 e.